The first-order valence-electron chi connectivity index (χ1n) is 12.8. The van der Waals surface area contributed by atoms with E-state index in [1.165, 1.54) is 24.7 Å². The SMILES string of the molecule is CN(C)[C@]1(c2ccccc2)CC[C@]2(CC1)CN(c1ccc(S(C)(=O)=O)cc1)COCN2CC1CC1. The molecule has 1 aliphatic heterocycles. The van der Waals surface area contributed by atoms with Crippen LogP contribution >= 0.6 is 0 Å². The highest BCUT2D eigenvalue weighted by Crippen LogP contribution is 2.48. The first kappa shape index (κ1) is 24.8. The minimum Gasteiger partial charge on any atom is -0.347 e. The summed E-state index contributed by atoms with van der Waals surface area (Å²) in [6, 6.07) is 18.3. The Balaban J connectivity index is 1.43. The van der Waals surface area contributed by atoms with E-state index in [1.807, 2.05) is 12.1 Å². The van der Waals surface area contributed by atoms with Gasteiger partial charge in [0.25, 0.3) is 0 Å². The lowest BCUT2D eigenvalue weighted by Crippen LogP contribution is -2.60. The molecule has 3 aliphatic rings. The summed E-state index contributed by atoms with van der Waals surface area (Å²) in [4.78, 5) is 7.73. The van der Waals surface area contributed by atoms with Gasteiger partial charge in [0.15, 0.2) is 9.84 Å². The standard InChI is InChI=1S/C28H39N3O3S/c1-29(2)28(24-7-5-4-6-8-24)17-15-27(16-18-28)20-30(21-34-22-31(27)19-23-9-10-23)25-11-13-26(14-12-25)35(3,32)33/h4-8,11-14,23H,9-10,15-22H2,1-3H3/t27-,28+. The van der Waals surface area contributed by atoms with E-state index in [-0.39, 0.29) is 11.1 Å². The third-order valence-electron chi connectivity index (χ3n) is 8.63. The van der Waals surface area contributed by atoms with Crippen LogP contribution in [0.25, 0.3) is 0 Å². The molecule has 1 saturated heterocycles. The van der Waals surface area contributed by atoms with Gasteiger partial charge in [0.1, 0.15) is 13.5 Å². The van der Waals surface area contributed by atoms with Crippen molar-refractivity contribution < 1.29 is 13.2 Å². The Bertz CT molecular complexity index is 1110. The van der Waals surface area contributed by atoms with Gasteiger partial charge in [-0.1, -0.05) is 30.3 Å². The molecule has 0 bridgehead atoms. The molecule has 6 nitrogen and oxygen atoms in total. The van der Waals surface area contributed by atoms with Gasteiger partial charge in [-0.3, -0.25) is 9.80 Å². The minimum atomic E-state index is -3.21. The van der Waals surface area contributed by atoms with Crippen molar-refractivity contribution in [2.24, 2.45) is 5.92 Å². The number of nitrogens with zero attached hydrogens (tertiary/aromatic N) is 3. The van der Waals surface area contributed by atoms with Gasteiger partial charge in [-0.15, -0.1) is 0 Å². The van der Waals surface area contributed by atoms with Crippen LogP contribution < -0.4 is 4.90 Å². The summed E-state index contributed by atoms with van der Waals surface area (Å²) in [6.45, 7) is 3.20. The molecule has 5 rings (SSSR count). The molecular weight excluding hydrogens is 458 g/mol. The summed E-state index contributed by atoms with van der Waals surface area (Å²) in [5.74, 6) is 0.797. The van der Waals surface area contributed by atoms with Gasteiger partial charge in [0, 0.05) is 36.1 Å². The third-order valence-corrected chi connectivity index (χ3v) is 9.76. The van der Waals surface area contributed by atoms with E-state index < -0.39 is 9.84 Å². The second-order valence-electron chi connectivity index (χ2n) is 11.1. The van der Waals surface area contributed by atoms with Crippen LogP contribution in [-0.4, -0.2) is 70.7 Å². The highest BCUT2D eigenvalue weighted by atomic mass is 32.2. The summed E-state index contributed by atoms with van der Waals surface area (Å²) >= 11 is 0. The average Bonchev–Trinajstić information content (AvgIpc) is 3.69. The quantitative estimate of drug-likeness (QED) is 0.592. The summed E-state index contributed by atoms with van der Waals surface area (Å²) < 4.78 is 30.1. The molecule has 7 heteroatoms. The van der Waals surface area contributed by atoms with Crippen molar-refractivity contribution in [3.05, 3.63) is 60.2 Å². The van der Waals surface area contributed by atoms with E-state index >= 15 is 0 Å². The van der Waals surface area contributed by atoms with E-state index in [2.05, 4.69) is 59.1 Å². The van der Waals surface area contributed by atoms with Crippen LogP contribution in [-0.2, 0) is 20.1 Å². The highest BCUT2D eigenvalue weighted by molar-refractivity contribution is 7.90. The molecule has 1 heterocycles. The normalized spacial score (nSPS) is 28.4. The number of anilines is 1. The Hall–Kier alpha value is -1.93. The number of rotatable bonds is 6. The summed E-state index contributed by atoms with van der Waals surface area (Å²) in [5.41, 5.74) is 2.53. The maximum atomic E-state index is 12.0. The predicted octanol–water partition coefficient (Wildman–Crippen LogP) is 4.32. The number of ether oxygens (including phenoxy) is 1. The fourth-order valence-electron chi connectivity index (χ4n) is 6.17. The van der Waals surface area contributed by atoms with Gasteiger partial charge in [0.05, 0.1) is 4.90 Å². The smallest absolute Gasteiger partial charge is 0.175 e. The largest absolute Gasteiger partial charge is 0.347 e. The number of benzene rings is 2. The van der Waals surface area contributed by atoms with Crippen molar-refractivity contribution in [2.45, 2.75) is 54.5 Å². The van der Waals surface area contributed by atoms with E-state index in [9.17, 15) is 8.42 Å². The fraction of sp³-hybridized carbons (Fsp3) is 0.571. The van der Waals surface area contributed by atoms with Crippen molar-refractivity contribution in [1.82, 2.24) is 9.80 Å². The van der Waals surface area contributed by atoms with Crippen molar-refractivity contribution in [3.63, 3.8) is 0 Å². The number of hydrogen-bond acceptors (Lipinski definition) is 6. The molecule has 3 fully saturated rings. The topological polar surface area (TPSA) is 53.1 Å². The van der Waals surface area contributed by atoms with Gasteiger partial charge in [-0.05, 0) is 88.4 Å². The van der Waals surface area contributed by atoms with E-state index in [1.54, 1.807) is 12.1 Å². The Kier molecular flexibility index (Phi) is 6.72. The summed E-state index contributed by atoms with van der Waals surface area (Å²) in [7, 11) is 1.23. The van der Waals surface area contributed by atoms with Crippen LogP contribution in [0.3, 0.4) is 0 Å². The molecule has 35 heavy (non-hydrogen) atoms. The van der Waals surface area contributed by atoms with E-state index in [0.717, 1.165) is 50.4 Å². The Labute approximate surface area is 210 Å². The second-order valence-corrected chi connectivity index (χ2v) is 13.1. The zero-order chi connectivity index (χ0) is 24.7. The van der Waals surface area contributed by atoms with Gasteiger partial charge < -0.3 is 9.64 Å². The second kappa shape index (κ2) is 9.51. The van der Waals surface area contributed by atoms with Crippen LogP contribution in [0.2, 0.25) is 0 Å². The highest BCUT2D eigenvalue weighted by Gasteiger charge is 2.50. The van der Waals surface area contributed by atoms with Crippen LogP contribution in [0, 0.1) is 5.92 Å². The van der Waals surface area contributed by atoms with E-state index in [0.29, 0.717) is 18.4 Å². The maximum Gasteiger partial charge on any atom is 0.175 e. The Morgan fingerprint density at radius 1 is 0.943 bits per heavy atom. The molecular formula is C28H39N3O3S. The van der Waals surface area contributed by atoms with Crippen molar-refractivity contribution >= 4 is 15.5 Å². The monoisotopic (exact) mass is 497 g/mol. The van der Waals surface area contributed by atoms with Crippen LogP contribution in [0.4, 0.5) is 5.69 Å². The lowest BCUT2D eigenvalue weighted by molar-refractivity contribution is -0.0503. The third kappa shape index (κ3) is 5.01. The molecule has 0 amide bonds. The van der Waals surface area contributed by atoms with Crippen LogP contribution in [0.15, 0.2) is 59.5 Å². The first-order chi connectivity index (χ1) is 16.7. The number of hydrogen-bond donors (Lipinski definition) is 0. The zero-order valence-corrected chi connectivity index (χ0v) is 22.1. The molecule has 190 valence electrons. The van der Waals surface area contributed by atoms with Gasteiger partial charge in [0.2, 0.25) is 0 Å². The first-order valence-corrected chi connectivity index (χ1v) is 14.7. The minimum absolute atomic E-state index is 0.0445. The zero-order valence-electron chi connectivity index (χ0n) is 21.3. The predicted molar refractivity (Wildman–Crippen MR) is 140 cm³/mol. The summed E-state index contributed by atoms with van der Waals surface area (Å²) in [6.07, 6.45) is 8.33. The molecule has 0 radical (unpaired) electrons. The molecule has 2 aromatic rings. The number of sulfone groups is 1. The molecule has 0 unspecified atom stereocenters. The van der Waals surface area contributed by atoms with Gasteiger partial charge in [-0.2, -0.15) is 0 Å². The molecule has 2 saturated carbocycles. The molecule has 2 aliphatic carbocycles. The molecule has 2 aromatic carbocycles. The Morgan fingerprint density at radius 3 is 2.17 bits per heavy atom. The average molecular weight is 498 g/mol. The van der Waals surface area contributed by atoms with Crippen molar-refractivity contribution in [3.8, 4) is 0 Å². The van der Waals surface area contributed by atoms with Gasteiger partial charge >= 0.3 is 0 Å². The lowest BCUT2D eigenvalue weighted by atomic mass is 9.67. The maximum absolute atomic E-state index is 12.0. The molecule has 0 N–H and O–H groups in total. The van der Waals surface area contributed by atoms with Crippen LogP contribution in [0.1, 0.15) is 44.1 Å². The van der Waals surface area contributed by atoms with Gasteiger partial charge in [-0.25, -0.2) is 8.42 Å². The molecule has 0 atom stereocenters. The van der Waals surface area contributed by atoms with Crippen molar-refractivity contribution in [1.29, 1.82) is 0 Å². The lowest BCUT2D eigenvalue weighted by Gasteiger charge is -2.54. The molecule has 1 spiro atoms. The summed E-state index contributed by atoms with van der Waals surface area (Å²) in [5, 5.41) is 0. The van der Waals surface area contributed by atoms with E-state index in [4.69, 9.17) is 4.74 Å². The van der Waals surface area contributed by atoms with Crippen LogP contribution in [0.5, 0.6) is 0 Å². The fourth-order valence-corrected chi connectivity index (χ4v) is 6.80. The molecule has 0 aromatic heterocycles. The Morgan fingerprint density at radius 2 is 1.60 bits per heavy atom. The van der Waals surface area contributed by atoms with Crippen molar-refractivity contribution in [2.75, 3.05) is 51.8 Å².